The van der Waals surface area contributed by atoms with Crippen LogP contribution in [0.1, 0.15) is 38.4 Å². The van der Waals surface area contributed by atoms with Crippen molar-refractivity contribution in [1.29, 1.82) is 0 Å². The van der Waals surface area contributed by atoms with E-state index in [0.717, 1.165) is 35.3 Å². The summed E-state index contributed by atoms with van der Waals surface area (Å²) in [4.78, 5) is 11.5. The van der Waals surface area contributed by atoms with Crippen molar-refractivity contribution < 1.29 is 0 Å². The topological polar surface area (TPSA) is 41.9 Å². The molecular formula is C14H18N4S. The lowest BCUT2D eigenvalue weighted by atomic mass is 10.2. The van der Waals surface area contributed by atoms with Crippen molar-refractivity contribution >= 4 is 17.4 Å². The molecule has 3 heterocycles. The van der Waals surface area contributed by atoms with E-state index in [1.807, 2.05) is 6.20 Å². The Morgan fingerprint density at radius 2 is 2.00 bits per heavy atom. The molecule has 5 heteroatoms. The number of aromatic nitrogens is 3. The Morgan fingerprint density at radius 3 is 2.58 bits per heavy atom. The standard InChI is InChI=1S/C14H18N4S/c1-10(2)13-16-14(19-17-13)11-5-6-12(15-9-11)18-7-3-4-8-18/h5-6,9-10H,3-4,7-8H2,1-2H3. The minimum atomic E-state index is 0.377. The van der Waals surface area contributed by atoms with Crippen molar-refractivity contribution in [2.75, 3.05) is 18.0 Å². The van der Waals surface area contributed by atoms with E-state index in [0.29, 0.717) is 5.92 Å². The van der Waals surface area contributed by atoms with E-state index in [-0.39, 0.29) is 0 Å². The molecule has 0 amide bonds. The Hall–Kier alpha value is -1.49. The molecule has 19 heavy (non-hydrogen) atoms. The Labute approximate surface area is 117 Å². The molecule has 0 atom stereocenters. The van der Waals surface area contributed by atoms with Crippen LogP contribution in [0, 0.1) is 0 Å². The minimum absolute atomic E-state index is 0.377. The summed E-state index contributed by atoms with van der Waals surface area (Å²) in [6.07, 6.45) is 4.47. The zero-order chi connectivity index (χ0) is 13.2. The molecule has 0 unspecified atom stereocenters. The van der Waals surface area contributed by atoms with Gasteiger partial charge in [-0.1, -0.05) is 13.8 Å². The highest BCUT2D eigenvalue weighted by molar-refractivity contribution is 7.09. The van der Waals surface area contributed by atoms with Gasteiger partial charge in [-0.2, -0.15) is 4.37 Å². The first-order valence-electron chi connectivity index (χ1n) is 6.79. The number of pyridine rings is 1. The highest BCUT2D eigenvalue weighted by Crippen LogP contribution is 2.25. The first-order chi connectivity index (χ1) is 9.24. The van der Waals surface area contributed by atoms with Gasteiger partial charge in [0.2, 0.25) is 0 Å². The predicted molar refractivity (Wildman–Crippen MR) is 78.7 cm³/mol. The second-order valence-corrected chi connectivity index (χ2v) is 5.96. The molecule has 0 bridgehead atoms. The summed E-state index contributed by atoms with van der Waals surface area (Å²) >= 11 is 1.45. The number of hydrogen-bond donors (Lipinski definition) is 0. The lowest BCUT2D eigenvalue weighted by Gasteiger charge is -2.15. The average Bonchev–Trinajstić information content (AvgIpc) is 3.11. The molecule has 1 aliphatic rings. The van der Waals surface area contributed by atoms with Gasteiger partial charge in [-0.25, -0.2) is 9.97 Å². The van der Waals surface area contributed by atoms with Crippen molar-refractivity contribution in [2.24, 2.45) is 0 Å². The monoisotopic (exact) mass is 274 g/mol. The Kier molecular flexibility index (Phi) is 3.46. The van der Waals surface area contributed by atoms with E-state index >= 15 is 0 Å². The van der Waals surface area contributed by atoms with Gasteiger partial charge in [-0.15, -0.1) is 0 Å². The third kappa shape index (κ3) is 2.61. The van der Waals surface area contributed by atoms with Crippen LogP contribution in [0.25, 0.3) is 10.6 Å². The second kappa shape index (κ2) is 5.25. The summed E-state index contributed by atoms with van der Waals surface area (Å²) in [5, 5.41) is 0.962. The average molecular weight is 274 g/mol. The van der Waals surface area contributed by atoms with Gasteiger partial charge in [0.15, 0.2) is 0 Å². The van der Waals surface area contributed by atoms with Crippen LogP contribution in [-0.4, -0.2) is 27.4 Å². The highest BCUT2D eigenvalue weighted by atomic mass is 32.1. The zero-order valence-electron chi connectivity index (χ0n) is 11.3. The molecule has 4 nitrogen and oxygen atoms in total. The molecule has 0 saturated carbocycles. The maximum absolute atomic E-state index is 4.56. The molecule has 2 aromatic heterocycles. The molecular weight excluding hydrogens is 256 g/mol. The molecule has 1 fully saturated rings. The quantitative estimate of drug-likeness (QED) is 0.861. The fraction of sp³-hybridized carbons (Fsp3) is 0.500. The predicted octanol–water partition coefficient (Wildman–Crippen LogP) is 3.32. The largest absolute Gasteiger partial charge is 0.357 e. The van der Waals surface area contributed by atoms with Gasteiger partial charge in [0, 0.05) is 30.8 Å². The first-order valence-corrected chi connectivity index (χ1v) is 7.56. The molecule has 3 rings (SSSR count). The molecule has 0 N–H and O–H groups in total. The van der Waals surface area contributed by atoms with Crippen LogP contribution in [0.15, 0.2) is 18.3 Å². The molecule has 0 spiro atoms. The number of nitrogens with zero attached hydrogens (tertiary/aromatic N) is 4. The van der Waals surface area contributed by atoms with Crippen molar-refractivity contribution in [3.05, 3.63) is 24.2 Å². The van der Waals surface area contributed by atoms with Crippen molar-refractivity contribution in [2.45, 2.75) is 32.6 Å². The molecule has 0 radical (unpaired) electrons. The van der Waals surface area contributed by atoms with Gasteiger partial charge in [0.05, 0.1) is 0 Å². The maximum Gasteiger partial charge on any atom is 0.145 e. The lowest BCUT2D eigenvalue weighted by Crippen LogP contribution is -2.18. The summed E-state index contributed by atoms with van der Waals surface area (Å²) in [7, 11) is 0. The van der Waals surface area contributed by atoms with Crippen LogP contribution in [-0.2, 0) is 0 Å². The van der Waals surface area contributed by atoms with E-state index in [1.165, 1.54) is 24.4 Å². The molecule has 1 aliphatic heterocycles. The summed E-state index contributed by atoms with van der Waals surface area (Å²) in [6.45, 7) is 6.48. The van der Waals surface area contributed by atoms with Crippen LogP contribution in [0.4, 0.5) is 5.82 Å². The number of hydrogen-bond acceptors (Lipinski definition) is 5. The van der Waals surface area contributed by atoms with E-state index in [2.05, 4.69) is 45.2 Å². The van der Waals surface area contributed by atoms with E-state index in [4.69, 9.17) is 0 Å². The normalized spacial score (nSPS) is 15.4. The summed E-state index contributed by atoms with van der Waals surface area (Å²) in [6, 6.07) is 4.20. The van der Waals surface area contributed by atoms with Gasteiger partial charge in [0.25, 0.3) is 0 Å². The smallest absolute Gasteiger partial charge is 0.145 e. The van der Waals surface area contributed by atoms with Gasteiger partial charge in [0.1, 0.15) is 16.6 Å². The zero-order valence-corrected chi connectivity index (χ0v) is 12.2. The van der Waals surface area contributed by atoms with Crippen LogP contribution in [0.3, 0.4) is 0 Å². The Morgan fingerprint density at radius 1 is 1.21 bits per heavy atom. The van der Waals surface area contributed by atoms with Crippen molar-refractivity contribution in [1.82, 2.24) is 14.3 Å². The highest BCUT2D eigenvalue weighted by Gasteiger charge is 2.14. The van der Waals surface area contributed by atoms with Crippen LogP contribution in [0.5, 0.6) is 0 Å². The maximum atomic E-state index is 4.56. The summed E-state index contributed by atoms with van der Waals surface area (Å²) in [5.41, 5.74) is 1.06. The van der Waals surface area contributed by atoms with Crippen molar-refractivity contribution in [3.63, 3.8) is 0 Å². The Bertz CT molecular complexity index is 541. The summed E-state index contributed by atoms with van der Waals surface area (Å²) in [5.74, 6) is 2.38. The third-order valence-electron chi connectivity index (χ3n) is 3.38. The Balaban J connectivity index is 1.81. The molecule has 100 valence electrons. The first kappa shape index (κ1) is 12.5. The van der Waals surface area contributed by atoms with Gasteiger partial charge < -0.3 is 4.90 Å². The molecule has 0 aliphatic carbocycles. The second-order valence-electron chi connectivity index (χ2n) is 5.21. The third-order valence-corrected chi connectivity index (χ3v) is 4.16. The van der Waals surface area contributed by atoms with Crippen LogP contribution < -0.4 is 4.90 Å². The van der Waals surface area contributed by atoms with Gasteiger partial charge in [-0.05, 0) is 36.5 Å². The van der Waals surface area contributed by atoms with Crippen LogP contribution in [0.2, 0.25) is 0 Å². The van der Waals surface area contributed by atoms with Gasteiger partial charge in [-0.3, -0.25) is 0 Å². The fourth-order valence-corrected chi connectivity index (χ4v) is 3.02. The van der Waals surface area contributed by atoms with E-state index < -0.39 is 0 Å². The molecule has 1 saturated heterocycles. The minimum Gasteiger partial charge on any atom is -0.357 e. The number of rotatable bonds is 3. The number of anilines is 1. The molecule has 2 aromatic rings. The van der Waals surface area contributed by atoms with E-state index in [1.54, 1.807) is 0 Å². The lowest BCUT2D eigenvalue weighted by molar-refractivity contribution is 0.800. The van der Waals surface area contributed by atoms with E-state index in [9.17, 15) is 0 Å². The van der Waals surface area contributed by atoms with Gasteiger partial charge >= 0.3 is 0 Å². The summed E-state index contributed by atoms with van der Waals surface area (Å²) < 4.78 is 4.38. The van der Waals surface area contributed by atoms with Crippen molar-refractivity contribution in [3.8, 4) is 10.6 Å². The molecule has 0 aromatic carbocycles. The SMILES string of the molecule is CC(C)c1nsc(-c2ccc(N3CCCC3)nc2)n1. The fourth-order valence-electron chi connectivity index (χ4n) is 2.23. The van der Waals surface area contributed by atoms with Crippen LogP contribution >= 0.6 is 11.5 Å².